The molecule has 0 aliphatic heterocycles. The van der Waals surface area contributed by atoms with E-state index in [0.29, 0.717) is 29.3 Å². The molecule has 4 aromatic rings. The van der Waals surface area contributed by atoms with Gasteiger partial charge in [-0.1, -0.05) is 60.7 Å². The summed E-state index contributed by atoms with van der Waals surface area (Å²) in [6.07, 6.45) is 0.790. The van der Waals surface area contributed by atoms with Crippen LogP contribution in [0.5, 0.6) is 11.5 Å². The molecule has 232 valence electrons. The number of hydrogen-bond donors (Lipinski definition) is 6. The van der Waals surface area contributed by atoms with Gasteiger partial charge >= 0.3 is 12.1 Å². The van der Waals surface area contributed by atoms with E-state index >= 15 is 0 Å². The average Bonchev–Trinajstić information content (AvgIpc) is 3.06. The smallest absolute Gasteiger partial charge is 0.337 e. The van der Waals surface area contributed by atoms with Crippen LogP contribution in [0, 0.1) is 0 Å². The topological polar surface area (TPSA) is 159 Å². The Morgan fingerprint density at radius 1 is 0.467 bits per heavy atom. The summed E-state index contributed by atoms with van der Waals surface area (Å²) in [6, 6.07) is 31.7. The Morgan fingerprint density at radius 2 is 0.844 bits per heavy atom. The molecule has 0 fully saturated rings. The van der Waals surface area contributed by atoms with Crippen LogP contribution in [0.3, 0.4) is 0 Å². The van der Waals surface area contributed by atoms with Crippen LogP contribution >= 0.6 is 0 Å². The van der Waals surface area contributed by atoms with Gasteiger partial charge in [-0.05, 0) is 66.1 Å². The Labute approximate surface area is 260 Å². The number of rotatable bonds is 12. The molecule has 6 N–H and O–H groups in total. The third-order valence-corrected chi connectivity index (χ3v) is 6.14. The van der Waals surface area contributed by atoms with E-state index in [1.807, 2.05) is 60.7 Å². The quantitative estimate of drug-likeness (QED) is 0.129. The summed E-state index contributed by atoms with van der Waals surface area (Å²) >= 11 is 0. The molecule has 4 rings (SSSR count). The van der Waals surface area contributed by atoms with E-state index in [9.17, 15) is 19.2 Å². The van der Waals surface area contributed by atoms with Gasteiger partial charge in [0.05, 0.1) is 26.1 Å². The Hall–Kier alpha value is -6.04. The molecule has 12 nitrogen and oxygen atoms in total. The van der Waals surface area contributed by atoms with Gasteiger partial charge in [-0.25, -0.2) is 20.4 Å². The van der Waals surface area contributed by atoms with E-state index in [4.69, 9.17) is 9.47 Å². The molecular formula is C33H34N6O6. The number of urea groups is 2. The lowest BCUT2D eigenvalue weighted by atomic mass is 10.0. The summed E-state index contributed by atoms with van der Waals surface area (Å²) < 4.78 is 10.9. The van der Waals surface area contributed by atoms with Crippen LogP contribution in [0.1, 0.15) is 24.0 Å². The fourth-order valence-electron chi connectivity index (χ4n) is 3.91. The molecule has 0 atom stereocenters. The van der Waals surface area contributed by atoms with Gasteiger partial charge in [0, 0.05) is 11.4 Å². The van der Waals surface area contributed by atoms with Gasteiger partial charge in [0.25, 0.3) is 0 Å². The third kappa shape index (κ3) is 12.0. The predicted octanol–water partition coefficient (Wildman–Crippen LogP) is 4.52. The fourth-order valence-corrected chi connectivity index (χ4v) is 3.91. The van der Waals surface area contributed by atoms with Crippen LogP contribution < -0.4 is 41.8 Å². The molecule has 0 unspecified atom stereocenters. The van der Waals surface area contributed by atoms with Crippen molar-refractivity contribution < 1.29 is 28.7 Å². The van der Waals surface area contributed by atoms with Crippen molar-refractivity contribution in [2.75, 3.05) is 23.8 Å². The molecule has 4 aromatic carbocycles. The summed E-state index contributed by atoms with van der Waals surface area (Å²) in [5.41, 5.74) is 12.4. The van der Waals surface area contributed by atoms with Gasteiger partial charge in [0.2, 0.25) is 11.8 Å². The van der Waals surface area contributed by atoms with Crippen molar-refractivity contribution in [3.8, 4) is 11.5 Å². The van der Waals surface area contributed by atoms with Crippen molar-refractivity contribution in [2.24, 2.45) is 0 Å². The van der Waals surface area contributed by atoms with Crippen LogP contribution in [0.4, 0.5) is 21.0 Å². The highest BCUT2D eigenvalue weighted by Gasteiger charge is 2.08. The van der Waals surface area contributed by atoms with Gasteiger partial charge < -0.3 is 20.1 Å². The van der Waals surface area contributed by atoms with E-state index in [1.165, 1.54) is 0 Å². The maximum atomic E-state index is 12.1. The van der Waals surface area contributed by atoms with E-state index in [2.05, 4.69) is 32.3 Å². The molecule has 0 radical (unpaired) electrons. The zero-order valence-corrected chi connectivity index (χ0v) is 24.4. The van der Waals surface area contributed by atoms with E-state index in [0.717, 1.165) is 11.1 Å². The molecule has 45 heavy (non-hydrogen) atoms. The zero-order valence-electron chi connectivity index (χ0n) is 24.4. The summed E-state index contributed by atoms with van der Waals surface area (Å²) in [7, 11) is 0. The fraction of sp³-hybridized carbons (Fsp3) is 0.152. The number of hydrogen-bond acceptors (Lipinski definition) is 6. The van der Waals surface area contributed by atoms with Crippen LogP contribution in [0.15, 0.2) is 109 Å². The molecule has 0 saturated carbocycles. The molecule has 0 heterocycles. The van der Waals surface area contributed by atoms with E-state index in [-0.39, 0.29) is 37.9 Å². The second-order valence-corrected chi connectivity index (χ2v) is 9.65. The Kier molecular flexibility index (Phi) is 12.2. The van der Waals surface area contributed by atoms with Crippen LogP contribution in [0.25, 0.3) is 0 Å². The highest BCUT2D eigenvalue weighted by Crippen LogP contribution is 2.16. The normalized spacial score (nSPS) is 10.1. The molecule has 12 heteroatoms. The summed E-state index contributed by atoms with van der Waals surface area (Å²) in [4.78, 5) is 48.1. The summed E-state index contributed by atoms with van der Waals surface area (Å²) in [6.45, 7) is 0.364. The number of amides is 6. The van der Waals surface area contributed by atoms with Gasteiger partial charge in [-0.3, -0.25) is 20.4 Å². The summed E-state index contributed by atoms with van der Waals surface area (Å²) in [5.74, 6) is 0.564. The van der Waals surface area contributed by atoms with Crippen molar-refractivity contribution in [2.45, 2.75) is 19.3 Å². The number of nitrogens with one attached hydrogen (secondary N) is 6. The maximum Gasteiger partial charge on any atom is 0.337 e. The van der Waals surface area contributed by atoms with Gasteiger partial charge in [-0.2, -0.15) is 0 Å². The molecule has 6 amide bonds. The highest BCUT2D eigenvalue weighted by atomic mass is 16.5. The van der Waals surface area contributed by atoms with Crippen LogP contribution in [-0.4, -0.2) is 37.1 Å². The predicted molar refractivity (Wildman–Crippen MR) is 169 cm³/mol. The number of hydrazine groups is 2. The number of ether oxygens (including phenoxy) is 2. The van der Waals surface area contributed by atoms with Gasteiger partial charge in [0.1, 0.15) is 11.5 Å². The first-order chi connectivity index (χ1) is 21.9. The zero-order chi connectivity index (χ0) is 31.7. The molecular weight excluding hydrogens is 576 g/mol. The minimum atomic E-state index is -0.580. The highest BCUT2D eigenvalue weighted by molar-refractivity contribution is 5.91. The number of carbonyl (C=O) groups excluding carboxylic acids is 4. The van der Waals surface area contributed by atoms with Crippen LogP contribution in [0.2, 0.25) is 0 Å². The summed E-state index contributed by atoms with van der Waals surface area (Å²) in [5, 5.41) is 5.31. The van der Waals surface area contributed by atoms with Crippen molar-refractivity contribution in [1.82, 2.24) is 21.7 Å². The van der Waals surface area contributed by atoms with Crippen molar-refractivity contribution in [3.63, 3.8) is 0 Å². The molecule has 0 aromatic heterocycles. The van der Waals surface area contributed by atoms with Crippen LogP contribution in [-0.2, 0) is 16.0 Å². The minimum absolute atomic E-state index is 0.0818. The monoisotopic (exact) mass is 610 g/mol. The first kappa shape index (κ1) is 31.9. The SMILES string of the molecule is O=C(CCOc1ccccc1)NNC(=O)Nc1ccc(Cc2ccc(NC(=O)NNC(=O)CCOc3ccccc3)cc2)cc1. The Morgan fingerprint density at radius 3 is 1.22 bits per heavy atom. The van der Waals surface area contributed by atoms with Gasteiger partial charge in [-0.15, -0.1) is 0 Å². The average molecular weight is 611 g/mol. The lowest BCUT2D eigenvalue weighted by molar-refractivity contribution is -0.123. The maximum absolute atomic E-state index is 12.1. The molecule has 0 aliphatic rings. The number of anilines is 2. The Bertz CT molecular complexity index is 1420. The van der Waals surface area contributed by atoms with E-state index in [1.54, 1.807) is 48.5 Å². The third-order valence-electron chi connectivity index (χ3n) is 6.14. The number of para-hydroxylation sites is 2. The molecule has 0 bridgehead atoms. The Balaban J connectivity index is 1.10. The molecule has 0 spiro atoms. The number of carbonyl (C=O) groups is 4. The standard InChI is InChI=1S/C33H34N6O6/c40-30(19-21-44-28-7-3-1-4-8-28)36-38-32(42)34-26-15-11-24(12-16-26)23-25-13-17-27(18-14-25)35-33(43)39-37-31(41)20-22-45-29-9-5-2-6-10-29/h1-18H,19-23H2,(H,36,40)(H,37,41)(H2,34,38,42)(H2,35,39,43). The first-order valence-electron chi connectivity index (χ1n) is 14.2. The lowest BCUT2D eigenvalue weighted by Gasteiger charge is -2.11. The molecule has 0 aliphatic carbocycles. The van der Waals surface area contributed by atoms with Gasteiger partial charge in [0.15, 0.2) is 0 Å². The minimum Gasteiger partial charge on any atom is -0.493 e. The first-order valence-corrected chi connectivity index (χ1v) is 14.2. The van der Waals surface area contributed by atoms with Crippen molar-refractivity contribution >= 4 is 35.3 Å². The second kappa shape index (κ2) is 17.2. The lowest BCUT2D eigenvalue weighted by Crippen LogP contribution is -2.44. The van der Waals surface area contributed by atoms with Crippen molar-refractivity contribution in [3.05, 3.63) is 120 Å². The second-order valence-electron chi connectivity index (χ2n) is 9.65. The molecule has 0 saturated heterocycles. The number of benzene rings is 4. The van der Waals surface area contributed by atoms with Crippen molar-refractivity contribution in [1.29, 1.82) is 0 Å². The largest absolute Gasteiger partial charge is 0.493 e. The van der Waals surface area contributed by atoms with E-state index < -0.39 is 12.1 Å².